The third kappa shape index (κ3) is 4.81. The first-order valence-corrected chi connectivity index (χ1v) is 8.68. The van der Waals surface area contributed by atoms with E-state index in [2.05, 4.69) is 0 Å². The van der Waals surface area contributed by atoms with Crippen LogP contribution in [0.1, 0.15) is 25.5 Å². The van der Waals surface area contributed by atoms with E-state index >= 15 is 0 Å². The minimum Gasteiger partial charge on any atom is -0.390 e. The Kier molecular flexibility index (Phi) is 6.86. The van der Waals surface area contributed by atoms with Crippen LogP contribution in [0.2, 0.25) is 0 Å². The number of aromatic nitrogens is 1. The van der Waals surface area contributed by atoms with Crippen molar-refractivity contribution >= 4 is 10.0 Å². The lowest BCUT2D eigenvalue weighted by molar-refractivity contribution is 0.270. The van der Waals surface area contributed by atoms with Crippen LogP contribution in [0.25, 0.3) is 0 Å². The topological polar surface area (TPSA) is 65.8 Å². The Morgan fingerprint density at radius 3 is 2.43 bits per heavy atom. The number of rotatable bonds is 9. The highest BCUT2D eigenvalue weighted by atomic mass is 32.2. The van der Waals surface area contributed by atoms with Crippen molar-refractivity contribution in [2.45, 2.75) is 37.8 Å². The van der Waals surface area contributed by atoms with Gasteiger partial charge in [-0.25, -0.2) is 12.7 Å². The molecular weight excluding hydrogens is 290 g/mol. The fourth-order valence-corrected chi connectivity index (χ4v) is 3.43. The molecule has 0 aliphatic carbocycles. The van der Waals surface area contributed by atoms with Crippen molar-refractivity contribution in [3.8, 4) is 0 Å². The van der Waals surface area contributed by atoms with Crippen LogP contribution in [0.3, 0.4) is 0 Å². The molecule has 0 unspecified atom stereocenters. The van der Waals surface area contributed by atoms with Crippen LogP contribution in [-0.4, -0.2) is 61.5 Å². The van der Waals surface area contributed by atoms with E-state index in [0.717, 1.165) is 19.4 Å². The molecule has 0 aromatic carbocycles. The molecule has 1 aromatic heterocycles. The maximum atomic E-state index is 12.5. The first-order valence-electron chi connectivity index (χ1n) is 7.24. The SMILES string of the molecule is CCCn1cc(S(=O)(=O)N(C)CCCN(C)C)cc1CO. The van der Waals surface area contributed by atoms with Gasteiger partial charge in [0.15, 0.2) is 0 Å². The van der Waals surface area contributed by atoms with Gasteiger partial charge >= 0.3 is 0 Å². The summed E-state index contributed by atoms with van der Waals surface area (Å²) in [5, 5.41) is 9.33. The van der Waals surface area contributed by atoms with Crippen molar-refractivity contribution in [1.82, 2.24) is 13.8 Å². The number of hydrogen-bond donors (Lipinski definition) is 1. The van der Waals surface area contributed by atoms with E-state index in [1.54, 1.807) is 23.9 Å². The minimum atomic E-state index is -3.48. The van der Waals surface area contributed by atoms with Crippen LogP contribution in [0.15, 0.2) is 17.2 Å². The highest BCUT2D eigenvalue weighted by Crippen LogP contribution is 2.19. The van der Waals surface area contributed by atoms with Crippen LogP contribution in [0.4, 0.5) is 0 Å². The lowest BCUT2D eigenvalue weighted by atomic mass is 10.4. The predicted molar refractivity (Wildman–Crippen MR) is 83.6 cm³/mol. The van der Waals surface area contributed by atoms with Gasteiger partial charge in [0.05, 0.1) is 6.61 Å². The molecule has 0 amide bonds. The van der Waals surface area contributed by atoms with Gasteiger partial charge in [-0.2, -0.15) is 0 Å². The van der Waals surface area contributed by atoms with Crippen molar-refractivity contribution < 1.29 is 13.5 Å². The van der Waals surface area contributed by atoms with E-state index in [1.165, 1.54) is 4.31 Å². The van der Waals surface area contributed by atoms with Crippen LogP contribution in [0.5, 0.6) is 0 Å². The molecule has 0 atom stereocenters. The smallest absolute Gasteiger partial charge is 0.244 e. The summed E-state index contributed by atoms with van der Waals surface area (Å²) in [7, 11) is 2.04. The quantitative estimate of drug-likeness (QED) is 0.737. The zero-order valence-electron chi connectivity index (χ0n) is 13.4. The average Bonchev–Trinajstić information content (AvgIpc) is 2.82. The molecule has 0 saturated heterocycles. The van der Waals surface area contributed by atoms with Gasteiger partial charge in [-0.05, 0) is 39.5 Å². The normalized spacial score (nSPS) is 12.5. The molecule has 0 aliphatic rings. The van der Waals surface area contributed by atoms with Gasteiger partial charge in [-0.3, -0.25) is 0 Å². The lowest BCUT2D eigenvalue weighted by Crippen LogP contribution is -2.29. The molecule has 0 bridgehead atoms. The molecule has 0 spiro atoms. The number of aliphatic hydroxyl groups excluding tert-OH is 1. The number of aliphatic hydroxyl groups is 1. The van der Waals surface area contributed by atoms with E-state index in [1.807, 2.05) is 25.9 Å². The number of nitrogens with zero attached hydrogens (tertiary/aromatic N) is 3. The maximum absolute atomic E-state index is 12.5. The van der Waals surface area contributed by atoms with Crippen LogP contribution < -0.4 is 0 Å². The van der Waals surface area contributed by atoms with Crippen molar-refractivity contribution in [2.75, 3.05) is 34.2 Å². The Balaban J connectivity index is 2.86. The maximum Gasteiger partial charge on any atom is 0.244 e. The fraction of sp³-hybridized carbons (Fsp3) is 0.714. The third-order valence-corrected chi connectivity index (χ3v) is 5.20. The largest absolute Gasteiger partial charge is 0.390 e. The number of sulfonamides is 1. The lowest BCUT2D eigenvalue weighted by Gasteiger charge is -2.17. The summed E-state index contributed by atoms with van der Waals surface area (Å²) >= 11 is 0. The Labute approximate surface area is 128 Å². The third-order valence-electron chi connectivity index (χ3n) is 3.37. The molecule has 6 nitrogen and oxygen atoms in total. The van der Waals surface area contributed by atoms with Crippen LogP contribution in [-0.2, 0) is 23.2 Å². The van der Waals surface area contributed by atoms with Crippen LogP contribution >= 0.6 is 0 Å². The Morgan fingerprint density at radius 1 is 1.24 bits per heavy atom. The molecule has 1 N–H and O–H groups in total. The standard InChI is InChI=1S/C14H27N3O3S/c1-5-7-17-11-14(10-13(17)12-18)21(19,20)16(4)9-6-8-15(2)3/h10-11,18H,5-9,12H2,1-4H3. The predicted octanol–water partition coefficient (Wildman–Crippen LogP) is 0.963. The summed E-state index contributed by atoms with van der Waals surface area (Å²) in [6, 6.07) is 1.56. The second-order valence-electron chi connectivity index (χ2n) is 5.50. The molecule has 0 fully saturated rings. The van der Waals surface area contributed by atoms with Crippen LogP contribution in [0, 0.1) is 0 Å². The number of hydrogen-bond acceptors (Lipinski definition) is 4. The molecule has 7 heteroatoms. The van der Waals surface area contributed by atoms with Crippen molar-refractivity contribution in [3.05, 3.63) is 18.0 Å². The molecule has 0 radical (unpaired) electrons. The first-order chi connectivity index (χ1) is 9.82. The fourth-order valence-electron chi connectivity index (χ4n) is 2.16. The van der Waals surface area contributed by atoms with Gasteiger partial charge < -0.3 is 14.6 Å². The van der Waals surface area contributed by atoms with Gasteiger partial charge in [-0.1, -0.05) is 6.92 Å². The van der Waals surface area contributed by atoms with E-state index < -0.39 is 10.0 Å². The van der Waals surface area contributed by atoms with Gasteiger partial charge in [0, 0.05) is 32.0 Å². The zero-order valence-corrected chi connectivity index (χ0v) is 14.2. The van der Waals surface area contributed by atoms with Gasteiger partial charge in [0.1, 0.15) is 4.90 Å². The summed E-state index contributed by atoms with van der Waals surface area (Å²) in [6.07, 6.45) is 3.29. The van der Waals surface area contributed by atoms with E-state index in [4.69, 9.17) is 0 Å². The molecular formula is C14H27N3O3S. The molecule has 1 rings (SSSR count). The minimum absolute atomic E-state index is 0.153. The second-order valence-corrected chi connectivity index (χ2v) is 7.55. The summed E-state index contributed by atoms with van der Waals surface area (Å²) in [5.41, 5.74) is 0.636. The van der Waals surface area contributed by atoms with Crippen molar-refractivity contribution in [1.29, 1.82) is 0 Å². The van der Waals surface area contributed by atoms with Crippen molar-refractivity contribution in [3.63, 3.8) is 0 Å². The van der Waals surface area contributed by atoms with E-state index in [9.17, 15) is 13.5 Å². The zero-order chi connectivity index (χ0) is 16.0. The van der Waals surface area contributed by atoms with E-state index in [0.29, 0.717) is 18.8 Å². The van der Waals surface area contributed by atoms with Crippen molar-refractivity contribution in [2.24, 2.45) is 0 Å². The second kappa shape index (κ2) is 7.93. The van der Waals surface area contributed by atoms with Gasteiger partial charge in [0.25, 0.3) is 0 Å². The summed E-state index contributed by atoms with van der Waals surface area (Å²) in [4.78, 5) is 2.29. The molecule has 122 valence electrons. The average molecular weight is 317 g/mol. The Hall–Kier alpha value is -0.890. The Bertz CT molecular complexity index is 538. The first kappa shape index (κ1) is 18.2. The molecule has 0 saturated carbocycles. The summed E-state index contributed by atoms with van der Waals surface area (Å²) in [6.45, 7) is 3.89. The monoisotopic (exact) mass is 317 g/mol. The van der Waals surface area contributed by atoms with Gasteiger partial charge in [0.2, 0.25) is 10.0 Å². The number of aryl methyl sites for hydroxylation is 1. The molecule has 1 aromatic rings. The Morgan fingerprint density at radius 2 is 1.90 bits per heavy atom. The highest BCUT2D eigenvalue weighted by molar-refractivity contribution is 7.89. The van der Waals surface area contributed by atoms with Gasteiger partial charge in [-0.15, -0.1) is 0 Å². The summed E-state index contributed by atoms with van der Waals surface area (Å²) < 4.78 is 28.2. The highest BCUT2D eigenvalue weighted by Gasteiger charge is 2.23. The molecule has 21 heavy (non-hydrogen) atoms. The molecule has 1 heterocycles. The van der Waals surface area contributed by atoms with E-state index in [-0.39, 0.29) is 11.5 Å². The summed E-state index contributed by atoms with van der Waals surface area (Å²) in [5.74, 6) is 0. The molecule has 0 aliphatic heterocycles.